The molecule has 0 aliphatic rings. The summed E-state index contributed by atoms with van der Waals surface area (Å²) in [6, 6.07) is 0.622. The summed E-state index contributed by atoms with van der Waals surface area (Å²) in [5.74, 6) is 0. The highest BCUT2D eigenvalue weighted by molar-refractivity contribution is 4.79. The lowest BCUT2D eigenvalue weighted by Gasteiger charge is -2.32. The van der Waals surface area contributed by atoms with E-state index in [2.05, 4.69) is 40.7 Å². The van der Waals surface area contributed by atoms with Crippen LogP contribution >= 0.6 is 0 Å². The summed E-state index contributed by atoms with van der Waals surface area (Å²) in [4.78, 5) is 0. The van der Waals surface area contributed by atoms with Crippen LogP contribution in [0.15, 0.2) is 12.7 Å². The normalized spacial score (nSPS) is 13.1. The molecule has 92 valence electrons. The number of nitrogens with zero attached hydrogens (tertiary/aromatic N) is 1. The molecule has 0 N–H and O–H groups in total. The van der Waals surface area contributed by atoms with Crippen LogP contribution in [0, 0.1) is 0 Å². The zero-order chi connectivity index (χ0) is 11.0. The fraction of sp³-hybridized carbons (Fsp3) is 0.846. The molecule has 0 bridgehead atoms. The third kappa shape index (κ3) is 8.95. The van der Waals surface area contributed by atoms with Crippen molar-refractivity contribution in [3.05, 3.63) is 12.7 Å². The van der Waals surface area contributed by atoms with Crippen molar-refractivity contribution in [1.82, 2.24) is 0 Å². The van der Waals surface area contributed by atoms with Crippen LogP contribution in [-0.4, -0.2) is 31.7 Å². The second-order valence-corrected chi connectivity index (χ2v) is 5.12. The molecule has 0 spiro atoms. The zero-order valence-electron chi connectivity index (χ0n) is 10.9. The second kappa shape index (κ2) is 9.23. The van der Waals surface area contributed by atoms with Crippen molar-refractivity contribution < 1.29 is 16.9 Å². The maximum atomic E-state index is 3.93. The third-order valence-corrected chi connectivity index (χ3v) is 2.87. The Labute approximate surface area is 103 Å². The summed E-state index contributed by atoms with van der Waals surface area (Å²) < 4.78 is 1.01. The Bertz CT molecular complexity index is 149. The summed E-state index contributed by atoms with van der Waals surface area (Å²) in [6.45, 7) is 6.19. The Morgan fingerprint density at radius 3 is 2.00 bits per heavy atom. The minimum absolute atomic E-state index is 0. The molecule has 0 heterocycles. The summed E-state index contributed by atoms with van der Waals surface area (Å²) in [5, 5.41) is 0. The summed E-state index contributed by atoms with van der Waals surface area (Å²) in [5.41, 5.74) is 0. The van der Waals surface area contributed by atoms with Gasteiger partial charge in [-0.1, -0.05) is 39.2 Å². The van der Waals surface area contributed by atoms with Gasteiger partial charge in [0.25, 0.3) is 0 Å². The zero-order valence-corrected chi connectivity index (χ0v) is 11.7. The lowest BCUT2D eigenvalue weighted by Crippen LogP contribution is -3.00. The highest BCUT2D eigenvalue weighted by Crippen LogP contribution is 2.14. The molecule has 0 saturated heterocycles. The number of rotatable bonds is 8. The molecule has 0 amide bonds. The first-order valence-corrected chi connectivity index (χ1v) is 5.96. The van der Waals surface area contributed by atoms with Crippen molar-refractivity contribution >= 4 is 0 Å². The first-order valence-electron chi connectivity index (χ1n) is 5.96. The van der Waals surface area contributed by atoms with Crippen LogP contribution in [0.4, 0.5) is 0 Å². The van der Waals surface area contributed by atoms with Gasteiger partial charge in [-0.05, 0) is 12.5 Å². The van der Waals surface area contributed by atoms with Gasteiger partial charge < -0.3 is 16.9 Å². The Hall–Kier alpha value is -0.0100. The third-order valence-electron chi connectivity index (χ3n) is 2.87. The minimum atomic E-state index is 0. The molecule has 0 aromatic carbocycles. The summed E-state index contributed by atoms with van der Waals surface area (Å²) in [7, 11) is 6.75. The predicted octanol–water partition coefficient (Wildman–Crippen LogP) is 0.612. The van der Waals surface area contributed by atoms with Crippen LogP contribution in [0.25, 0.3) is 0 Å². The molecular formula is C13H28ClN. The van der Waals surface area contributed by atoms with Crippen molar-refractivity contribution in [2.24, 2.45) is 0 Å². The lowest BCUT2D eigenvalue weighted by molar-refractivity contribution is -0.889. The number of quaternary nitrogens is 1. The van der Waals surface area contributed by atoms with E-state index in [9.17, 15) is 0 Å². The van der Waals surface area contributed by atoms with E-state index in [0.29, 0.717) is 6.04 Å². The highest BCUT2D eigenvalue weighted by Gasteiger charge is 2.18. The number of hydrogen-bond donors (Lipinski definition) is 0. The highest BCUT2D eigenvalue weighted by atomic mass is 35.5. The molecule has 0 aliphatic carbocycles. The SMILES string of the molecule is C=CC(CCCCCCC)[N+](C)(C)C.[Cl-]. The van der Waals surface area contributed by atoms with Crippen molar-refractivity contribution in [2.75, 3.05) is 21.1 Å². The number of halogens is 1. The summed E-state index contributed by atoms with van der Waals surface area (Å²) >= 11 is 0. The standard InChI is InChI=1S/C13H28N.ClH/c1-6-8-9-10-11-12-13(7-2)14(3,4)5;/h7,13H,2,6,8-12H2,1,3-5H3;1H/q+1;/p-1. The van der Waals surface area contributed by atoms with Crippen LogP contribution in [-0.2, 0) is 0 Å². The Morgan fingerprint density at radius 1 is 1.07 bits per heavy atom. The fourth-order valence-electron chi connectivity index (χ4n) is 1.78. The quantitative estimate of drug-likeness (QED) is 0.328. The van der Waals surface area contributed by atoms with Gasteiger partial charge in [-0.15, -0.1) is 0 Å². The molecule has 0 aliphatic heterocycles. The molecule has 15 heavy (non-hydrogen) atoms. The smallest absolute Gasteiger partial charge is 0.107 e. The van der Waals surface area contributed by atoms with Gasteiger partial charge >= 0.3 is 0 Å². The van der Waals surface area contributed by atoms with Gasteiger partial charge in [0.2, 0.25) is 0 Å². The Balaban J connectivity index is 0. The van der Waals surface area contributed by atoms with E-state index in [1.165, 1.54) is 38.5 Å². The van der Waals surface area contributed by atoms with Gasteiger partial charge in [-0.25, -0.2) is 0 Å². The van der Waals surface area contributed by atoms with E-state index >= 15 is 0 Å². The molecular weight excluding hydrogens is 206 g/mol. The predicted molar refractivity (Wildman–Crippen MR) is 65.4 cm³/mol. The van der Waals surface area contributed by atoms with Crippen molar-refractivity contribution in [3.8, 4) is 0 Å². The average Bonchev–Trinajstić information content (AvgIpc) is 2.09. The van der Waals surface area contributed by atoms with Crippen LogP contribution in [0.3, 0.4) is 0 Å². The molecule has 0 rings (SSSR count). The molecule has 1 unspecified atom stereocenters. The Kier molecular flexibility index (Phi) is 10.7. The van der Waals surface area contributed by atoms with Gasteiger partial charge in [0.15, 0.2) is 0 Å². The van der Waals surface area contributed by atoms with Crippen LogP contribution in [0.1, 0.15) is 45.4 Å². The van der Waals surface area contributed by atoms with Crippen LogP contribution < -0.4 is 12.4 Å². The van der Waals surface area contributed by atoms with E-state index in [1.807, 2.05) is 0 Å². The maximum absolute atomic E-state index is 3.93. The van der Waals surface area contributed by atoms with Crippen molar-refractivity contribution in [3.63, 3.8) is 0 Å². The molecule has 0 fully saturated rings. The topological polar surface area (TPSA) is 0 Å². The number of hydrogen-bond acceptors (Lipinski definition) is 0. The molecule has 1 atom stereocenters. The fourth-order valence-corrected chi connectivity index (χ4v) is 1.78. The maximum Gasteiger partial charge on any atom is 0.107 e. The largest absolute Gasteiger partial charge is 1.00 e. The molecule has 0 saturated carbocycles. The van der Waals surface area contributed by atoms with E-state index in [4.69, 9.17) is 0 Å². The van der Waals surface area contributed by atoms with Crippen molar-refractivity contribution in [1.29, 1.82) is 0 Å². The van der Waals surface area contributed by atoms with E-state index in [1.54, 1.807) is 0 Å². The van der Waals surface area contributed by atoms with Crippen LogP contribution in [0.5, 0.6) is 0 Å². The molecule has 0 aromatic heterocycles. The summed E-state index contributed by atoms with van der Waals surface area (Å²) in [6.07, 6.45) is 10.3. The second-order valence-electron chi connectivity index (χ2n) is 5.12. The Morgan fingerprint density at radius 2 is 1.60 bits per heavy atom. The minimum Gasteiger partial charge on any atom is -1.00 e. The van der Waals surface area contributed by atoms with E-state index in [0.717, 1.165) is 4.48 Å². The lowest BCUT2D eigenvalue weighted by atomic mass is 10.0. The van der Waals surface area contributed by atoms with E-state index < -0.39 is 0 Å². The van der Waals surface area contributed by atoms with Crippen LogP contribution in [0.2, 0.25) is 0 Å². The number of likely N-dealkylation sites (N-methyl/N-ethyl adjacent to an activating group) is 1. The average molecular weight is 234 g/mol. The van der Waals surface area contributed by atoms with Gasteiger partial charge in [-0.3, -0.25) is 0 Å². The molecule has 1 nitrogen and oxygen atoms in total. The van der Waals surface area contributed by atoms with Gasteiger partial charge in [-0.2, -0.15) is 0 Å². The molecule has 2 heteroatoms. The number of unbranched alkanes of at least 4 members (excludes halogenated alkanes) is 4. The first-order chi connectivity index (χ1) is 6.52. The first kappa shape index (κ1) is 17.4. The monoisotopic (exact) mass is 233 g/mol. The van der Waals surface area contributed by atoms with Gasteiger partial charge in [0.1, 0.15) is 6.04 Å². The van der Waals surface area contributed by atoms with E-state index in [-0.39, 0.29) is 12.4 Å². The van der Waals surface area contributed by atoms with Crippen molar-refractivity contribution in [2.45, 2.75) is 51.5 Å². The molecule has 0 aromatic rings. The van der Waals surface area contributed by atoms with Gasteiger partial charge in [0, 0.05) is 6.42 Å². The molecule has 0 radical (unpaired) electrons. The van der Waals surface area contributed by atoms with Gasteiger partial charge in [0.05, 0.1) is 21.1 Å².